The molecule has 1 aliphatic rings. The maximum Gasteiger partial charge on any atom is 0.135 e. The monoisotopic (exact) mass is 359 g/mol. The average Bonchev–Trinajstić information content (AvgIpc) is 3.13. The van der Waals surface area contributed by atoms with Gasteiger partial charge < -0.3 is 9.32 Å². The molecule has 1 unspecified atom stereocenters. The summed E-state index contributed by atoms with van der Waals surface area (Å²) in [4.78, 5) is 2.14. The quantitative estimate of drug-likeness (QED) is 0.524. The summed E-state index contributed by atoms with van der Waals surface area (Å²) in [5, 5.41) is 8.72. The largest absolute Gasteiger partial charge is 0.460 e. The summed E-state index contributed by atoms with van der Waals surface area (Å²) in [6, 6.07) is 15.7. The van der Waals surface area contributed by atoms with Crippen LogP contribution in [0, 0.1) is 5.82 Å². The molecule has 134 valence electrons. The molecule has 0 radical (unpaired) electrons. The van der Waals surface area contributed by atoms with Crippen LogP contribution in [0.1, 0.15) is 22.8 Å². The second-order valence-electron chi connectivity index (χ2n) is 7.06. The van der Waals surface area contributed by atoms with Crippen molar-refractivity contribution in [3.8, 4) is 11.1 Å². The van der Waals surface area contributed by atoms with E-state index in [0.29, 0.717) is 12.1 Å². The van der Waals surface area contributed by atoms with Gasteiger partial charge in [0.15, 0.2) is 0 Å². The topological polar surface area (TPSA) is 42.2 Å². The molecule has 4 nitrogen and oxygen atoms in total. The molecule has 1 atom stereocenters. The van der Waals surface area contributed by atoms with E-state index in [0.717, 1.165) is 40.0 Å². The summed E-state index contributed by atoms with van der Waals surface area (Å²) in [7, 11) is 2.01. The van der Waals surface area contributed by atoms with Gasteiger partial charge in [-0.2, -0.15) is 10.2 Å². The van der Waals surface area contributed by atoms with Gasteiger partial charge in [0.25, 0.3) is 0 Å². The zero-order valence-corrected chi connectivity index (χ0v) is 14.9. The van der Waals surface area contributed by atoms with Crippen LogP contribution in [0.3, 0.4) is 0 Å². The molecule has 3 heterocycles. The molecule has 1 aliphatic heterocycles. The Morgan fingerprint density at radius 1 is 1.11 bits per heavy atom. The predicted octanol–water partition coefficient (Wildman–Crippen LogP) is 4.61. The van der Waals surface area contributed by atoms with Crippen molar-refractivity contribution in [2.75, 3.05) is 13.6 Å². The first kappa shape index (κ1) is 16.1. The van der Waals surface area contributed by atoms with Crippen molar-refractivity contribution in [2.24, 2.45) is 0 Å². The predicted molar refractivity (Wildman–Crippen MR) is 102 cm³/mol. The van der Waals surface area contributed by atoms with E-state index in [1.165, 1.54) is 0 Å². The minimum atomic E-state index is -0.187. The fraction of sp³-hybridized carbons (Fsp3) is 0.182. The molecule has 0 fully saturated rings. The molecular formula is C22H18FN3O. The van der Waals surface area contributed by atoms with Crippen LogP contribution in [0.5, 0.6) is 0 Å². The number of aromatic nitrogens is 2. The van der Waals surface area contributed by atoms with Gasteiger partial charge in [-0.1, -0.05) is 30.3 Å². The summed E-state index contributed by atoms with van der Waals surface area (Å²) in [6.45, 7) is 1.37. The summed E-state index contributed by atoms with van der Waals surface area (Å²) >= 11 is 0. The summed E-state index contributed by atoms with van der Waals surface area (Å²) in [6.07, 6.45) is 3.17. The molecule has 5 heteroatoms. The van der Waals surface area contributed by atoms with E-state index < -0.39 is 0 Å². The highest BCUT2D eigenvalue weighted by Crippen LogP contribution is 2.39. The number of hydrogen-bond donors (Lipinski definition) is 0. The van der Waals surface area contributed by atoms with Gasteiger partial charge in [-0.05, 0) is 30.8 Å². The summed E-state index contributed by atoms with van der Waals surface area (Å²) in [5.41, 5.74) is 3.88. The van der Waals surface area contributed by atoms with E-state index in [4.69, 9.17) is 4.42 Å². The Kier molecular flexibility index (Phi) is 3.76. The third-order valence-electron chi connectivity index (χ3n) is 5.26. The van der Waals surface area contributed by atoms with Crippen LogP contribution in [0.4, 0.5) is 4.39 Å². The smallest absolute Gasteiger partial charge is 0.135 e. The van der Waals surface area contributed by atoms with Crippen LogP contribution in [0.2, 0.25) is 0 Å². The lowest BCUT2D eigenvalue weighted by Crippen LogP contribution is -2.31. The van der Waals surface area contributed by atoms with E-state index in [-0.39, 0.29) is 11.7 Å². The fourth-order valence-electron chi connectivity index (χ4n) is 3.96. The zero-order chi connectivity index (χ0) is 18.4. The molecule has 4 aromatic rings. The molecule has 0 saturated carbocycles. The van der Waals surface area contributed by atoms with Crippen LogP contribution in [0.25, 0.3) is 22.1 Å². The standard InChI is InChI=1S/C22H18FN3O/c1-26-12-18(21-10-14-4-2-3-5-20(14)27-21)17-7-6-16(22(23)19(17)13-26)15-8-9-24-25-11-15/h2-11,18H,12-13H2,1H3. The van der Waals surface area contributed by atoms with E-state index >= 15 is 4.39 Å². The van der Waals surface area contributed by atoms with Gasteiger partial charge in [-0.3, -0.25) is 0 Å². The van der Waals surface area contributed by atoms with E-state index in [9.17, 15) is 0 Å². The highest BCUT2D eigenvalue weighted by molar-refractivity contribution is 5.78. The average molecular weight is 359 g/mol. The molecule has 2 aromatic heterocycles. The first-order chi connectivity index (χ1) is 13.2. The Bertz CT molecular complexity index is 1090. The number of halogens is 1. The van der Waals surface area contributed by atoms with Gasteiger partial charge in [0.05, 0.1) is 18.3 Å². The molecule has 0 bridgehead atoms. The Morgan fingerprint density at radius 2 is 2.00 bits per heavy atom. The zero-order valence-electron chi connectivity index (χ0n) is 14.9. The number of rotatable bonds is 2. The Morgan fingerprint density at radius 3 is 2.81 bits per heavy atom. The second kappa shape index (κ2) is 6.28. The number of nitrogens with zero attached hydrogens (tertiary/aromatic N) is 3. The summed E-state index contributed by atoms with van der Waals surface area (Å²) < 4.78 is 21.5. The van der Waals surface area contributed by atoms with Crippen molar-refractivity contribution in [2.45, 2.75) is 12.5 Å². The third-order valence-corrected chi connectivity index (χ3v) is 5.26. The van der Waals surface area contributed by atoms with Crippen molar-refractivity contribution in [3.05, 3.63) is 83.6 Å². The van der Waals surface area contributed by atoms with Crippen LogP contribution in [0.15, 0.2) is 65.3 Å². The SMILES string of the molecule is CN1Cc2c(ccc(-c3ccnnc3)c2F)C(c2cc3ccccc3o2)C1. The first-order valence-corrected chi connectivity index (χ1v) is 8.96. The number of likely N-dealkylation sites (N-methyl/N-ethyl adjacent to an activating group) is 1. The van der Waals surface area contributed by atoms with Crippen molar-refractivity contribution in [1.82, 2.24) is 15.1 Å². The van der Waals surface area contributed by atoms with Gasteiger partial charge in [0, 0.05) is 35.2 Å². The highest BCUT2D eigenvalue weighted by Gasteiger charge is 2.30. The number of benzene rings is 2. The van der Waals surface area contributed by atoms with Gasteiger partial charge in [0.2, 0.25) is 0 Å². The summed E-state index contributed by atoms with van der Waals surface area (Å²) in [5.74, 6) is 0.695. The van der Waals surface area contributed by atoms with Gasteiger partial charge >= 0.3 is 0 Å². The minimum Gasteiger partial charge on any atom is -0.460 e. The minimum absolute atomic E-state index is 0.00488. The molecule has 5 rings (SSSR count). The Labute approximate surface area is 156 Å². The number of fused-ring (bicyclic) bond motifs is 2. The van der Waals surface area contributed by atoms with Crippen molar-refractivity contribution >= 4 is 11.0 Å². The molecule has 0 saturated heterocycles. The molecule has 2 aromatic carbocycles. The molecule has 0 amide bonds. The molecule has 0 N–H and O–H groups in total. The Hall–Kier alpha value is -3.05. The number of furan rings is 1. The van der Waals surface area contributed by atoms with Gasteiger partial charge in [-0.25, -0.2) is 4.39 Å². The van der Waals surface area contributed by atoms with E-state index in [1.54, 1.807) is 18.5 Å². The fourth-order valence-corrected chi connectivity index (χ4v) is 3.96. The van der Waals surface area contributed by atoms with Crippen LogP contribution < -0.4 is 0 Å². The lowest BCUT2D eigenvalue weighted by atomic mass is 9.86. The van der Waals surface area contributed by atoms with Crippen LogP contribution >= 0.6 is 0 Å². The normalized spacial score (nSPS) is 17.2. The number of hydrogen-bond acceptors (Lipinski definition) is 4. The van der Waals surface area contributed by atoms with Crippen molar-refractivity contribution in [3.63, 3.8) is 0 Å². The van der Waals surface area contributed by atoms with Crippen molar-refractivity contribution in [1.29, 1.82) is 0 Å². The molecular weight excluding hydrogens is 341 g/mol. The van der Waals surface area contributed by atoms with Crippen LogP contribution in [-0.4, -0.2) is 28.7 Å². The third kappa shape index (κ3) is 2.71. The van der Waals surface area contributed by atoms with Crippen LogP contribution in [-0.2, 0) is 6.54 Å². The molecule has 27 heavy (non-hydrogen) atoms. The first-order valence-electron chi connectivity index (χ1n) is 8.96. The maximum absolute atomic E-state index is 15.4. The molecule has 0 aliphatic carbocycles. The Balaban J connectivity index is 1.64. The van der Waals surface area contributed by atoms with Gasteiger partial charge in [-0.15, -0.1) is 0 Å². The molecule has 0 spiro atoms. The lowest BCUT2D eigenvalue weighted by molar-refractivity contribution is 0.276. The van der Waals surface area contributed by atoms with Gasteiger partial charge in [0.1, 0.15) is 17.2 Å². The number of para-hydroxylation sites is 1. The lowest BCUT2D eigenvalue weighted by Gasteiger charge is -2.32. The van der Waals surface area contributed by atoms with E-state index in [1.807, 2.05) is 43.4 Å². The van der Waals surface area contributed by atoms with E-state index in [2.05, 4.69) is 21.2 Å². The van der Waals surface area contributed by atoms with Crippen molar-refractivity contribution < 1.29 is 8.81 Å². The maximum atomic E-state index is 15.4. The highest BCUT2D eigenvalue weighted by atomic mass is 19.1. The second-order valence-corrected chi connectivity index (χ2v) is 7.06.